The van der Waals surface area contributed by atoms with Gasteiger partial charge in [0.15, 0.2) is 0 Å². The van der Waals surface area contributed by atoms with Crippen LogP contribution in [-0.2, 0) is 9.53 Å². The van der Waals surface area contributed by atoms with E-state index in [1.54, 1.807) is 0 Å². The van der Waals surface area contributed by atoms with E-state index in [0.717, 1.165) is 39.0 Å². The van der Waals surface area contributed by atoms with Gasteiger partial charge >= 0.3 is 0 Å². The van der Waals surface area contributed by atoms with Crippen molar-refractivity contribution in [2.45, 2.75) is 26.2 Å². The third-order valence-corrected chi connectivity index (χ3v) is 2.40. The Morgan fingerprint density at radius 1 is 1.46 bits per heavy atom. The first-order chi connectivity index (χ1) is 6.34. The summed E-state index contributed by atoms with van der Waals surface area (Å²) in [4.78, 5) is 11.6. The van der Waals surface area contributed by atoms with E-state index in [4.69, 9.17) is 4.74 Å². The summed E-state index contributed by atoms with van der Waals surface area (Å²) in [6.45, 7) is 5.09. The number of carbonyl (C=O) groups is 1. The van der Waals surface area contributed by atoms with E-state index in [9.17, 15) is 4.79 Å². The molecule has 0 aromatic carbocycles. The van der Waals surface area contributed by atoms with Crippen molar-refractivity contribution in [2.75, 3.05) is 26.3 Å². The predicted octanol–water partition coefficient (Wildman–Crippen LogP) is 0.982. The molecule has 0 amide bonds. The Morgan fingerprint density at radius 3 is 2.77 bits per heavy atom. The Kier molecular flexibility index (Phi) is 5.01. The van der Waals surface area contributed by atoms with E-state index in [1.165, 1.54) is 0 Å². The molecule has 0 atom stereocenters. The summed E-state index contributed by atoms with van der Waals surface area (Å²) in [6.07, 6.45) is 2.90. The third kappa shape index (κ3) is 3.87. The maximum atomic E-state index is 11.6. The average Bonchev–Trinajstić information content (AvgIpc) is 2.19. The normalized spacial score (nSPS) is 18.8. The smallest absolute Gasteiger partial charge is 0.149 e. The molecule has 1 N–H and O–H groups in total. The summed E-state index contributed by atoms with van der Waals surface area (Å²) in [6, 6.07) is 0. The van der Waals surface area contributed by atoms with E-state index in [2.05, 4.69) is 12.2 Å². The Labute approximate surface area is 79.8 Å². The van der Waals surface area contributed by atoms with Crippen LogP contribution in [0.25, 0.3) is 0 Å². The topological polar surface area (TPSA) is 38.3 Å². The molecule has 1 fully saturated rings. The highest BCUT2D eigenvalue weighted by Gasteiger charge is 2.20. The zero-order valence-electron chi connectivity index (χ0n) is 8.34. The Bertz CT molecular complexity index is 153. The molecular formula is C10H19NO2. The molecular weight excluding hydrogens is 166 g/mol. The highest BCUT2D eigenvalue weighted by Crippen LogP contribution is 2.14. The minimum absolute atomic E-state index is 0.248. The maximum Gasteiger partial charge on any atom is 0.149 e. The van der Waals surface area contributed by atoms with Crippen molar-refractivity contribution in [3.8, 4) is 0 Å². The van der Waals surface area contributed by atoms with Crippen LogP contribution in [0.3, 0.4) is 0 Å². The van der Waals surface area contributed by atoms with Crippen LogP contribution in [0.5, 0.6) is 0 Å². The van der Waals surface area contributed by atoms with Gasteiger partial charge in [0.25, 0.3) is 0 Å². The molecule has 0 bridgehead atoms. The fourth-order valence-electron chi connectivity index (χ4n) is 1.55. The van der Waals surface area contributed by atoms with Crippen LogP contribution >= 0.6 is 0 Å². The molecule has 76 valence electrons. The molecule has 0 aromatic heterocycles. The number of Topliss-reactive ketones (excluding diaryl/α,β-unsaturated/α-hetero) is 1. The van der Waals surface area contributed by atoms with Gasteiger partial charge in [0, 0.05) is 19.1 Å². The fourth-order valence-corrected chi connectivity index (χ4v) is 1.55. The highest BCUT2D eigenvalue weighted by atomic mass is 16.5. The summed E-state index contributed by atoms with van der Waals surface area (Å²) >= 11 is 0. The summed E-state index contributed by atoms with van der Waals surface area (Å²) < 4.78 is 5.20. The molecule has 1 aliphatic heterocycles. The van der Waals surface area contributed by atoms with Crippen molar-refractivity contribution in [3.05, 3.63) is 0 Å². The van der Waals surface area contributed by atoms with Crippen LogP contribution in [-0.4, -0.2) is 32.1 Å². The molecule has 3 heteroatoms. The molecule has 1 rings (SSSR count). The molecule has 0 saturated carbocycles. The lowest BCUT2D eigenvalue weighted by molar-refractivity contribution is -0.124. The van der Waals surface area contributed by atoms with Gasteiger partial charge in [0.2, 0.25) is 0 Å². The SMILES string of the molecule is CCCNCC(=O)C1CCOCC1. The number of ether oxygens (including phenoxy) is 1. The lowest BCUT2D eigenvalue weighted by atomic mass is 9.95. The minimum atomic E-state index is 0.248. The summed E-state index contributed by atoms with van der Waals surface area (Å²) in [5, 5.41) is 3.14. The van der Waals surface area contributed by atoms with Gasteiger partial charge in [0.1, 0.15) is 5.78 Å². The number of hydrogen-bond donors (Lipinski definition) is 1. The van der Waals surface area contributed by atoms with Gasteiger partial charge in [-0.25, -0.2) is 0 Å². The van der Waals surface area contributed by atoms with E-state index in [1.807, 2.05) is 0 Å². The van der Waals surface area contributed by atoms with Crippen LogP contribution in [0.15, 0.2) is 0 Å². The summed E-state index contributed by atoms with van der Waals surface area (Å²) in [5.41, 5.74) is 0. The first-order valence-corrected chi connectivity index (χ1v) is 5.15. The second-order valence-electron chi connectivity index (χ2n) is 3.53. The van der Waals surface area contributed by atoms with Crippen LogP contribution in [0.4, 0.5) is 0 Å². The zero-order valence-corrected chi connectivity index (χ0v) is 8.34. The van der Waals surface area contributed by atoms with Gasteiger partial charge < -0.3 is 10.1 Å². The molecule has 1 heterocycles. The standard InChI is InChI=1S/C10H19NO2/c1-2-5-11-8-10(12)9-3-6-13-7-4-9/h9,11H,2-8H2,1H3. The van der Waals surface area contributed by atoms with Gasteiger partial charge in [-0.1, -0.05) is 6.92 Å². The Morgan fingerprint density at radius 2 is 2.15 bits per heavy atom. The van der Waals surface area contributed by atoms with E-state index >= 15 is 0 Å². The van der Waals surface area contributed by atoms with Gasteiger partial charge in [-0.15, -0.1) is 0 Å². The summed E-state index contributed by atoms with van der Waals surface area (Å²) in [7, 11) is 0. The molecule has 0 radical (unpaired) electrons. The van der Waals surface area contributed by atoms with E-state index in [-0.39, 0.29) is 5.92 Å². The monoisotopic (exact) mass is 185 g/mol. The molecule has 1 saturated heterocycles. The molecule has 3 nitrogen and oxygen atoms in total. The molecule has 0 unspecified atom stereocenters. The van der Waals surface area contributed by atoms with E-state index in [0.29, 0.717) is 12.3 Å². The van der Waals surface area contributed by atoms with Crippen LogP contribution in [0.2, 0.25) is 0 Å². The lowest BCUT2D eigenvalue weighted by Crippen LogP contribution is -2.32. The highest BCUT2D eigenvalue weighted by molar-refractivity contribution is 5.83. The number of ketones is 1. The van der Waals surface area contributed by atoms with Crippen molar-refractivity contribution in [1.82, 2.24) is 5.32 Å². The zero-order chi connectivity index (χ0) is 9.52. The van der Waals surface area contributed by atoms with Crippen molar-refractivity contribution >= 4 is 5.78 Å². The lowest BCUT2D eigenvalue weighted by Gasteiger charge is -2.20. The van der Waals surface area contributed by atoms with Gasteiger partial charge in [-0.05, 0) is 25.8 Å². The maximum absolute atomic E-state index is 11.6. The van der Waals surface area contributed by atoms with Crippen LogP contribution in [0.1, 0.15) is 26.2 Å². The van der Waals surface area contributed by atoms with Crippen molar-refractivity contribution in [1.29, 1.82) is 0 Å². The Balaban J connectivity index is 2.13. The second kappa shape index (κ2) is 6.11. The first-order valence-electron chi connectivity index (χ1n) is 5.15. The average molecular weight is 185 g/mol. The van der Waals surface area contributed by atoms with Gasteiger partial charge in [-0.2, -0.15) is 0 Å². The Hall–Kier alpha value is -0.410. The predicted molar refractivity (Wildman–Crippen MR) is 51.7 cm³/mol. The number of hydrogen-bond acceptors (Lipinski definition) is 3. The third-order valence-electron chi connectivity index (χ3n) is 2.40. The van der Waals surface area contributed by atoms with Crippen molar-refractivity contribution in [3.63, 3.8) is 0 Å². The molecule has 0 aromatic rings. The van der Waals surface area contributed by atoms with Crippen molar-refractivity contribution in [2.24, 2.45) is 5.92 Å². The number of rotatable bonds is 5. The fraction of sp³-hybridized carbons (Fsp3) is 0.900. The first kappa shape index (κ1) is 10.7. The number of nitrogens with one attached hydrogen (secondary N) is 1. The van der Waals surface area contributed by atoms with E-state index < -0.39 is 0 Å². The quantitative estimate of drug-likeness (QED) is 0.649. The van der Waals surface area contributed by atoms with Crippen LogP contribution < -0.4 is 5.32 Å². The summed E-state index contributed by atoms with van der Waals surface area (Å²) in [5.74, 6) is 0.606. The minimum Gasteiger partial charge on any atom is -0.381 e. The largest absolute Gasteiger partial charge is 0.381 e. The molecule has 0 spiro atoms. The van der Waals surface area contributed by atoms with Gasteiger partial charge in [0.05, 0.1) is 6.54 Å². The number of carbonyl (C=O) groups excluding carboxylic acids is 1. The van der Waals surface area contributed by atoms with Gasteiger partial charge in [-0.3, -0.25) is 4.79 Å². The molecule has 1 aliphatic rings. The van der Waals surface area contributed by atoms with Crippen molar-refractivity contribution < 1.29 is 9.53 Å². The molecule has 0 aliphatic carbocycles. The second-order valence-corrected chi connectivity index (χ2v) is 3.53. The molecule has 13 heavy (non-hydrogen) atoms. The van der Waals surface area contributed by atoms with Crippen LogP contribution in [0, 0.1) is 5.92 Å².